The predicted octanol–water partition coefficient (Wildman–Crippen LogP) is 2.67. The zero-order valence-corrected chi connectivity index (χ0v) is 13.3. The smallest absolute Gasteiger partial charge is 0.321 e. The van der Waals surface area contributed by atoms with Crippen molar-refractivity contribution in [1.82, 2.24) is 9.80 Å². The van der Waals surface area contributed by atoms with Gasteiger partial charge in [0.25, 0.3) is 0 Å². The van der Waals surface area contributed by atoms with Gasteiger partial charge in [0.15, 0.2) is 0 Å². The Balaban J connectivity index is 1.98. The summed E-state index contributed by atoms with van der Waals surface area (Å²) in [6, 6.07) is 4.13. The summed E-state index contributed by atoms with van der Waals surface area (Å²) in [5.74, 6) is -0.478. The van der Waals surface area contributed by atoms with Crippen molar-refractivity contribution in [3.63, 3.8) is 0 Å². The second-order valence-electron chi connectivity index (χ2n) is 4.90. The zero-order valence-electron chi connectivity index (χ0n) is 11.7. The second-order valence-corrected chi connectivity index (χ2v) is 5.82. The van der Waals surface area contributed by atoms with Gasteiger partial charge < -0.3 is 15.1 Å². The molecule has 1 aliphatic heterocycles. The first kappa shape index (κ1) is 15.8. The van der Waals surface area contributed by atoms with E-state index in [4.69, 9.17) is 0 Å². The third-order valence-corrected chi connectivity index (χ3v) is 3.89. The second kappa shape index (κ2) is 6.89. The van der Waals surface area contributed by atoms with Crippen molar-refractivity contribution in [3.05, 3.63) is 28.5 Å². The maximum absolute atomic E-state index is 13.7. The number of hydrogen-bond acceptors (Lipinski definition) is 2. The van der Waals surface area contributed by atoms with Gasteiger partial charge in [-0.25, -0.2) is 9.18 Å². The van der Waals surface area contributed by atoms with E-state index in [9.17, 15) is 14.0 Å². The number of nitrogens with one attached hydrogen (secondary N) is 1. The van der Waals surface area contributed by atoms with Crippen molar-refractivity contribution in [2.45, 2.75) is 13.3 Å². The van der Waals surface area contributed by atoms with Gasteiger partial charge in [-0.1, -0.05) is 15.9 Å². The number of carbonyl (C=O) groups is 2. The van der Waals surface area contributed by atoms with Crippen LogP contribution < -0.4 is 5.32 Å². The Kier molecular flexibility index (Phi) is 5.17. The maximum Gasteiger partial charge on any atom is 0.321 e. The highest BCUT2D eigenvalue weighted by Crippen LogP contribution is 2.19. The van der Waals surface area contributed by atoms with E-state index in [1.165, 1.54) is 19.1 Å². The van der Waals surface area contributed by atoms with Gasteiger partial charge in [0.2, 0.25) is 5.91 Å². The van der Waals surface area contributed by atoms with Gasteiger partial charge in [0.1, 0.15) is 5.82 Å². The molecule has 114 valence electrons. The lowest BCUT2D eigenvalue weighted by Gasteiger charge is -2.22. The van der Waals surface area contributed by atoms with Crippen LogP contribution in [0, 0.1) is 5.82 Å². The Hall–Kier alpha value is -1.63. The minimum Gasteiger partial charge on any atom is -0.341 e. The molecule has 0 saturated carbocycles. The van der Waals surface area contributed by atoms with Gasteiger partial charge in [0.05, 0.1) is 5.69 Å². The normalized spacial score (nSPS) is 15.6. The summed E-state index contributed by atoms with van der Waals surface area (Å²) < 4.78 is 14.3. The lowest BCUT2D eigenvalue weighted by Crippen LogP contribution is -2.39. The molecule has 0 aromatic heterocycles. The van der Waals surface area contributed by atoms with Crippen LogP contribution in [0.1, 0.15) is 13.3 Å². The summed E-state index contributed by atoms with van der Waals surface area (Å²) in [6.07, 6.45) is 0.718. The van der Waals surface area contributed by atoms with E-state index >= 15 is 0 Å². The van der Waals surface area contributed by atoms with Gasteiger partial charge in [-0.2, -0.15) is 0 Å². The van der Waals surface area contributed by atoms with Crippen LogP contribution >= 0.6 is 15.9 Å². The lowest BCUT2D eigenvalue weighted by atomic mass is 10.3. The highest BCUT2D eigenvalue weighted by molar-refractivity contribution is 9.10. The van der Waals surface area contributed by atoms with E-state index in [1.807, 2.05) is 0 Å². The van der Waals surface area contributed by atoms with Gasteiger partial charge in [-0.3, -0.25) is 4.79 Å². The molecule has 1 N–H and O–H groups in total. The molecule has 1 aromatic carbocycles. The molecule has 0 spiro atoms. The summed E-state index contributed by atoms with van der Waals surface area (Å²) in [4.78, 5) is 26.8. The molecule has 3 amide bonds. The molecular formula is C14H17BrFN3O2. The van der Waals surface area contributed by atoms with Crippen LogP contribution in [-0.2, 0) is 4.79 Å². The summed E-state index contributed by atoms with van der Waals surface area (Å²) in [7, 11) is 0. The minimum absolute atomic E-state index is 0.0104. The van der Waals surface area contributed by atoms with Crippen LogP contribution in [0.4, 0.5) is 14.9 Å². The van der Waals surface area contributed by atoms with Crippen LogP contribution in [0.25, 0.3) is 0 Å². The van der Waals surface area contributed by atoms with Crippen LogP contribution in [0.3, 0.4) is 0 Å². The average molecular weight is 358 g/mol. The first-order chi connectivity index (χ1) is 9.97. The molecule has 0 bridgehead atoms. The Morgan fingerprint density at radius 3 is 2.52 bits per heavy atom. The topological polar surface area (TPSA) is 52.7 Å². The van der Waals surface area contributed by atoms with Crippen molar-refractivity contribution in [3.8, 4) is 0 Å². The first-order valence-corrected chi connectivity index (χ1v) is 7.53. The molecule has 21 heavy (non-hydrogen) atoms. The Morgan fingerprint density at radius 1 is 1.19 bits per heavy atom. The van der Waals surface area contributed by atoms with Gasteiger partial charge in [-0.05, 0) is 24.6 Å². The lowest BCUT2D eigenvalue weighted by molar-refractivity contribution is -0.128. The van der Waals surface area contributed by atoms with E-state index in [-0.39, 0.29) is 17.6 Å². The third-order valence-electron chi connectivity index (χ3n) is 3.40. The molecule has 0 atom stereocenters. The standard InChI is InChI=1S/C14H17BrFN3O2/c1-10(20)18-5-2-6-19(8-7-18)14(21)17-13-4-3-11(15)9-12(13)16/h3-4,9H,2,5-8H2,1H3,(H,17,21). The highest BCUT2D eigenvalue weighted by Gasteiger charge is 2.20. The fourth-order valence-electron chi connectivity index (χ4n) is 2.22. The molecule has 1 heterocycles. The zero-order chi connectivity index (χ0) is 15.4. The number of amides is 3. The molecule has 7 heteroatoms. The molecule has 1 aliphatic rings. The van der Waals surface area contributed by atoms with Crippen molar-refractivity contribution < 1.29 is 14.0 Å². The summed E-state index contributed by atoms with van der Waals surface area (Å²) in [5.41, 5.74) is 0.149. The number of carbonyl (C=O) groups excluding carboxylic acids is 2. The van der Waals surface area contributed by atoms with Crippen LogP contribution in [0.2, 0.25) is 0 Å². The largest absolute Gasteiger partial charge is 0.341 e. The number of urea groups is 1. The molecule has 0 radical (unpaired) electrons. The van der Waals surface area contributed by atoms with Gasteiger partial charge >= 0.3 is 6.03 Å². The fraction of sp³-hybridized carbons (Fsp3) is 0.429. The van der Waals surface area contributed by atoms with Gasteiger partial charge in [0, 0.05) is 37.6 Å². The highest BCUT2D eigenvalue weighted by atomic mass is 79.9. The number of nitrogens with zero attached hydrogens (tertiary/aromatic N) is 2. The minimum atomic E-state index is -0.488. The van der Waals surface area contributed by atoms with Gasteiger partial charge in [-0.15, -0.1) is 0 Å². The van der Waals surface area contributed by atoms with E-state index in [2.05, 4.69) is 21.2 Å². The predicted molar refractivity (Wildman–Crippen MR) is 81.6 cm³/mol. The molecule has 0 aliphatic carbocycles. The number of rotatable bonds is 1. The molecule has 5 nitrogen and oxygen atoms in total. The van der Waals surface area contributed by atoms with E-state index in [1.54, 1.807) is 15.9 Å². The molecular weight excluding hydrogens is 341 g/mol. The number of anilines is 1. The number of halogens is 2. The van der Waals surface area contributed by atoms with E-state index < -0.39 is 5.82 Å². The first-order valence-electron chi connectivity index (χ1n) is 6.74. The summed E-state index contributed by atoms with van der Waals surface area (Å²) in [5, 5.41) is 2.57. The van der Waals surface area contributed by atoms with Crippen molar-refractivity contribution in [2.24, 2.45) is 0 Å². The molecule has 2 rings (SSSR count). The summed E-state index contributed by atoms with van der Waals surface area (Å²) in [6.45, 7) is 3.67. The quantitative estimate of drug-likeness (QED) is 0.839. The molecule has 1 aromatic rings. The van der Waals surface area contributed by atoms with Crippen molar-refractivity contribution >= 4 is 33.6 Å². The Labute approximate surface area is 131 Å². The molecule has 0 unspecified atom stereocenters. The molecule has 1 fully saturated rings. The van der Waals surface area contributed by atoms with Crippen LogP contribution in [0.5, 0.6) is 0 Å². The fourth-order valence-corrected chi connectivity index (χ4v) is 2.55. The monoisotopic (exact) mass is 357 g/mol. The number of benzene rings is 1. The molecule has 1 saturated heterocycles. The van der Waals surface area contributed by atoms with E-state index in [0.717, 1.165) is 6.42 Å². The van der Waals surface area contributed by atoms with Crippen molar-refractivity contribution in [2.75, 3.05) is 31.5 Å². The maximum atomic E-state index is 13.7. The Morgan fingerprint density at radius 2 is 1.86 bits per heavy atom. The SMILES string of the molecule is CC(=O)N1CCCN(C(=O)Nc2ccc(Br)cc2F)CC1. The van der Waals surface area contributed by atoms with E-state index in [0.29, 0.717) is 30.7 Å². The Bertz CT molecular complexity index is 553. The summed E-state index contributed by atoms with van der Waals surface area (Å²) >= 11 is 3.17. The van der Waals surface area contributed by atoms with Crippen LogP contribution in [0.15, 0.2) is 22.7 Å². The van der Waals surface area contributed by atoms with Crippen molar-refractivity contribution in [1.29, 1.82) is 0 Å². The van der Waals surface area contributed by atoms with Crippen LogP contribution in [-0.4, -0.2) is 47.9 Å². The number of hydrogen-bond donors (Lipinski definition) is 1. The average Bonchev–Trinajstić information content (AvgIpc) is 2.67. The third kappa shape index (κ3) is 4.17.